The molecule has 7 heteroatoms. The van der Waals surface area contributed by atoms with Gasteiger partial charge in [0.05, 0.1) is 10.0 Å². The molecule has 2 N–H and O–H groups in total. The van der Waals surface area contributed by atoms with E-state index in [2.05, 4.69) is 15.6 Å². The third kappa shape index (κ3) is 5.21. The number of carbonyl (C=O) groups excluding carboxylic acids is 1. The van der Waals surface area contributed by atoms with E-state index >= 15 is 0 Å². The highest BCUT2D eigenvalue weighted by Gasteiger charge is 2.04. The van der Waals surface area contributed by atoms with E-state index in [0.717, 1.165) is 6.54 Å². The maximum atomic E-state index is 11.4. The number of rotatable bonds is 4. The lowest BCUT2D eigenvalue weighted by molar-refractivity contribution is 0.250. The Morgan fingerprint density at radius 1 is 1.41 bits per heavy atom. The van der Waals surface area contributed by atoms with Crippen molar-refractivity contribution in [3.8, 4) is 0 Å². The molecule has 2 amide bonds. The van der Waals surface area contributed by atoms with Gasteiger partial charge in [-0.1, -0.05) is 23.2 Å². The zero-order chi connectivity index (χ0) is 12.8. The average molecular weight is 277 g/mol. The predicted molar refractivity (Wildman–Crippen MR) is 69.8 cm³/mol. The number of carbonyl (C=O) groups is 1. The smallest absolute Gasteiger partial charge is 0.320 e. The summed E-state index contributed by atoms with van der Waals surface area (Å²) < 4.78 is 0. The van der Waals surface area contributed by atoms with Crippen molar-refractivity contribution in [2.45, 2.75) is 0 Å². The van der Waals surface area contributed by atoms with Crippen LogP contribution in [0.3, 0.4) is 0 Å². The minimum atomic E-state index is -0.322. The highest BCUT2D eigenvalue weighted by Crippen LogP contribution is 2.22. The summed E-state index contributed by atoms with van der Waals surface area (Å²) in [5.74, 6) is 0.363. The number of pyridine rings is 1. The first kappa shape index (κ1) is 14.0. The Morgan fingerprint density at radius 3 is 2.71 bits per heavy atom. The standard InChI is InChI=1S/C10H14Cl2N4O/c1-16(2)4-3-13-10(17)15-9-5-7(11)8(12)6-14-9/h5-6H,3-4H2,1-2H3,(H2,13,14,15,17). The third-order valence-corrected chi connectivity index (χ3v) is 2.61. The lowest BCUT2D eigenvalue weighted by Gasteiger charge is -2.11. The minimum absolute atomic E-state index is 0.322. The minimum Gasteiger partial charge on any atom is -0.337 e. The summed E-state index contributed by atoms with van der Waals surface area (Å²) in [5.41, 5.74) is 0. The number of amides is 2. The van der Waals surface area contributed by atoms with Crippen LogP contribution in [-0.2, 0) is 0 Å². The Balaban J connectivity index is 2.42. The van der Waals surface area contributed by atoms with Gasteiger partial charge in [-0.2, -0.15) is 0 Å². The Bertz CT molecular complexity index is 398. The fourth-order valence-electron chi connectivity index (χ4n) is 1.04. The molecule has 0 bridgehead atoms. The van der Waals surface area contributed by atoms with E-state index in [-0.39, 0.29) is 6.03 Å². The number of hydrogen-bond acceptors (Lipinski definition) is 3. The first-order chi connectivity index (χ1) is 7.99. The zero-order valence-corrected chi connectivity index (χ0v) is 11.1. The molecule has 0 atom stereocenters. The quantitative estimate of drug-likeness (QED) is 0.885. The molecule has 1 rings (SSSR count). The molecule has 1 aromatic rings. The van der Waals surface area contributed by atoms with Crippen LogP contribution in [-0.4, -0.2) is 43.1 Å². The van der Waals surface area contributed by atoms with Gasteiger partial charge >= 0.3 is 6.03 Å². The van der Waals surface area contributed by atoms with E-state index < -0.39 is 0 Å². The molecule has 0 saturated carbocycles. The number of hydrogen-bond donors (Lipinski definition) is 2. The van der Waals surface area contributed by atoms with Crippen LogP contribution in [0.25, 0.3) is 0 Å². The van der Waals surface area contributed by atoms with Gasteiger partial charge in [0.25, 0.3) is 0 Å². The zero-order valence-electron chi connectivity index (χ0n) is 9.63. The first-order valence-electron chi connectivity index (χ1n) is 4.99. The molecular formula is C10H14Cl2N4O. The topological polar surface area (TPSA) is 57.3 Å². The number of nitrogens with one attached hydrogen (secondary N) is 2. The van der Waals surface area contributed by atoms with Gasteiger partial charge in [-0.25, -0.2) is 9.78 Å². The largest absolute Gasteiger partial charge is 0.337 e. The Labute approximate surface area is 110 Å². The Morgan fingerprint density at radius 2 is 2.12 bits per heavy atom. The number of aromatic nitrogens is 1. The van der Waals surface area contributed by atoms with E-state index in [1.807, 2.05) is 19.0 Å². The van der Waals surface area contributed by atoms with Crippen LogP contribution in [0.2, 0.25) is 10.0 Å². The molecule has 0 unspecified atom stereocenters. The molecule has 0 spiro atoms. The monoisotopic (exact) mass is 276 g/mol. The molecule has 0 aliphatic heterocycles. The molecule has 0 aromatic carbocycles. The number of urea groups is 1. The molecule has 0 aliphatic rings. The van der Waals surface area contributed by atoms with Crippen LogP contribution < -0.4 is 10.6 Å². The number of nitrogens with zero attached hydrogens (tertiary/aromatic N) is 2. The fraction of sp³-hybridized carbons (Fsp3) is 0.400. The van der Waals surface area contributed by atoms with Crippen molar-refractivity contribution in [3.63, 3.8) is 0 Å². The average Bonchev–Trinajstić information content (AvgIpc) is 2.23. The summed E-state index contributed by atoms with van der Waals surface area (Å²) in [6, 6.07) is 1.17. The second-order valence-electron chi connectivity index (χ2n) is 3.67. The van der Waals surface area contributed by atoms with Crippen LogP contribution in [0.4, 0.5) is 10.6 Å². The van der Waals surface area contributed by atoms with Crippen molar-refractivity contribution in [3.05, 3.63) is 22.3 Å². The highest BCUT2D eigenvalue weighted by molar-refractivity contribution is 6.42. The molecule has 94 valence electrons. The SMILES string of the molecule is CN(C)CCNC(=O)Nc1cc(Cl)c(Cl)cn1. The predicted octanol–water partition coefficient (Wildman–Crippen LogP) is 2.07. The second kappa shape index (κ2) is 6.64. The molecule has 0 aliphatic carbocycles. The van der Waals surface area contributed by atoms with E-state index in [0.29, 0.717) is 22.4 Å². The van der Waals surface area contributed by atoms with Gasteiger partial charge in [0, 0.05) is 25.4 Å². The molecule has 0 saturated heterocycles. The van der Waals surface area contributed by atoms with Crippen LogP contribution >= 0.6 is 23.2 Å². The summed E-state index contributed by atoms with van der Waals surface area (Å²) >= 11 is 11.5. The maximum absolute atomic E-state index is 11.4. The molecule has 1 aromatic heterocycles. The summed E-state index contributed by atoms with van der Waals surface area (Å²) in [6.45, 7) is 1.32. The van der Waals surface area contributed by atoms with Crippen molar-refractivity contribution in [1.29, 1.82) is 0 Å². The van der Waals surface area contributed by atoms with Crippen molar-refractivity contribution in [1.82, 2.24) is 15.2 Å². The van der Waals surface area contributed by atoms with Gasteiger partial charge in [-0.05, 0) is 14.1 Å². The van der Waals surface area contributed by atoms with Crippen molar-refractivity contribution >= 4 is 35.1 Å². The van der Waals surface area contributed by atoms with E-state index in [1.165, 1.54) is 12.3 Å². The highest BCUT2D eigenvalue weighted by atomic mass is 35.5. The van der Waals surface area contributed by atoms with Crippen molar-refractivity contribution < 1.29 is 4.79 Å². The van der Waals surface area contributed by atoms with E-state index in [1.54, 1.807) is 0 Å². The van der Waals surface area contributed by atoms with Crippen LogP contribution in [0, 0.1) is 0 Å². The lowest BCUT2D eigenvalue weighted by atomic mass is 10.4. The van der Waals surface area contributed by atoms with Crippen molar-refractivity contribution in [2.24, 2.45) is 0 Å². The third-order valence-electron chi connectivity index (χ3n) is 1.89. The van der Waals surface area contributed by atoms with Crippen LogP contribution in [0.5, 0.6) is 0 Å². The molecule has 17 heavy (non-hydrogen) atoms. The van der Waals surface area contributed by atoms with Gasteiger partial charge in [-0.3, -0.25) is 5.32 Å². The van der Waals surface area contributed by atoms with E-state index in [9.17, 15) is 4.79 Å². The van der Waals surface area contributed by atoms with E-state index in [4.69, 9.17) is 23.2 Å². The summed E-state index contributed by atoms with van der Waals surface area (Å²) in [5, 5.41) is 5.95. The lowest BCUT2D eigenvalue weighted by Crippen LogP contribution is -2.34. The molecular weight excluding hydrogens is 263 g/mol. The maximum Gasteiger partial charge on any atom is 0.320 e. The molecule has 0 radical (unpaired) electrons. The number of likely N-dealkylation sites (N-methyl/N-ethyl adjacent to an activating group) is 1. The normalized spacial score (nSPS) is 10.4. The second-order valence-corrected chi connectivity index (χ2v) is 4.48. The fourth-order valence-corrected chi connectivity index (χ4v) is 1.29. The summed E-state index contributed by atoms with van der Waals surface area (Å²) in [6.07, 6.45) is 1.39. The molecule has 1 heterocycles. The van der Waals surface area contributed by atoms with Gasteiger partial charge in [-0.15, -0.1) is 0 Å². The summed E-state index contributed by atoms with van der Waals surface area (Å²) in [7, 11) is 3.86. The van der Waals surface area contributed by atoms with Crippen molar-refractivity contribution in [2.75, 3.05) is 32.5 Å². The summed E-state index contributed by atoms with van der Waals surface area (Å²) in [4.78, 5) is 17.3. The van der Waals surface area contributed by atoms with Gasteiger partial charge in [0.2, 0.25) is 0 Å². The van der Waals surface area contributed by atoms with Gasteiger partial charge < -0.3 is 10.2 Å². The van der Waals surface area contributed by atoms with Crippen LogP contribution in [0.1, 0.15) is 0 Å². The Hall–Kier alpha value is -1.04. The molecule has 5 nitrogen and oxygen atoms in total. The number of halogens is 2. The molecule has 0 fully saturated rings. The van der Waals surface area contributed by atoms with Crippen LogP contribution in [0.15, 0.2) is 12.3 Å². The van der Waals surface area contributed by atoms with Gasteiger partial charge in [0.15, 0.2) is 0 Å². The first-order valence-corrected chi connectivity index (χ1v) is 5.75. The Kier molecular flexibility index (Phi) is 5.47. The van der Waals surface area contributed by atoms with Gasteiger partial charge in [0.1, 0.15) is 5.82 Å². The number of anilines is 1.